The van der Waals surface area contributed by atoms with Crippen LogP contribution >= 0.6 is 0 Å². The number of carbonyl (C=O) groups is 1. The lowest BCUT2D eigenvalue weighted by atomic mass is 9.91. The Hall–Kier alpha value is -1.35. The number of hydrogen-bond acceptors (Lipinski definition) is 2. The molecule has 94 valence electrons. The van der Waals surface area contributed by atoms with Crippen LogP contribution in [0.4, 0.5) is 0 Å². The van der Waals surface area contributed by atoms with Crippen LogP contribution < -0.4 is 11.1 Å². The average molecular weight is 234 g/mol. The summed E-state index contributed by atoms with van der Waals surface area (Å²) in [6, 6.07) is 10.1. The van der Waals surface area contributed by atoms with Crippen molar-refractivity contribution in [3.05, 3.63) is 35.9 Å². The molecule has 0 radical (unpaired) electrons. The summed E-state index contributed by atoms with van der Waals surface area (Å²) >= 11 is 0. The molecule has 3 heteroatoms. The molecule has 1 amide bonds. The molecule has 1 aromatic carbocycles. The molecule has 17 heavy (non-hydrogen) atoms. The highest BCUT2D eigenvalue weighted by molar-refractivity contribution is 5.82. The summed E-state index contributed by atoms with van der Waals surface area (Å²) in [5.74, 6) is 0.00991. The van der Waals surface area contributed by atoms with Gasteiger partial charge in [0.15, 0.2) is 0 Å². The van der Waals surface area contributed by atoms with Crippen molar-refractivity contribution in [2.45, 2.75) is 33.2 Å². The third-order valence-electron chi connectivity index (χ3n) is 3.04. The summed E-state index contributed by atoms with van der Waals surface area (Å²) in [6.45, 7) is 6.14. The fourth-order valence-electron chi connectivity index (χ4n) is 1.55. The highest BCUT2D eigenvalue weighted by Crippen LogP contribution is 2.19. The van der Waals surface area contributed by atoms with Gasteiger partial charge < -0.3 is 11.1 Å². The van der Waals surface area contributed by atoms with E-state index in [9.17, 15) is 4.79 Å². The van der Waals surface area contributed by atoms with E-state index in [1.54, 1.807) is 0 Å². The zero-order valence-corrected chi connectivity index (χ0v) is 10.9. The van der Waals surface area contributed by atoms with Crippen molar-refractivity contribution >= 4 is 5.91 Å². The minimum Gasteiger partial charge on any atom is -0.349 e. The molecule has 0 heterocycles. The van der Waals surface area contributed by atoms with Gasteiger partial charge >= 0.3 is 0 Å². The van der Waals surface area contributed by atoms with Crippen molar-refractivity contribution < 1.29 is 4.79 Å². The van der Waals surface area contributed by atoms with Gasteiger partial charge in [-0.15, -0.1) is 0 Å². The van der Waals surface area contributed by atoms with E-state index in [2.05, 4.69) is 12.2 Å². The molecule has 0 unspecified atom stereocenters. The summed E-state index contributed by atoms with van der Waals surface area (Å²) in [7, 11) is 0. The van der Waals surface area contributed by atoms with Crippen LogP contribution in [0.2, 0.25) is 0 Å². The molecule has 0 aliphatic rings. The van der Waals surface area contributed by atoms with Crippen LogP contribution in [-0.4, -0.2) is 12.5 Å². The van der Waals surface area contributed by atoms with Crippen molar-refractivity contribution in [2.75, 3.05) is 6.54 Å². The second-order valence-corrected chi connectivity index (χ2v) is 4.93. The summed E-state index contributed by atoms with van der Waals surface area (Å²) < 4.78 is 0. The second-order valence-electron chi connectivity index (χ2n) is 4.93. The Labute approximate surface area is 103 Å². The Morgan fingerprint density at radius 1 is 1.35 bits per heavy atom. The summed E-state index contributed by atoms with van der Waals surface area (Å²) in [5, 5.41) is 3.06. The van der Waals surface area contributed by atoms with E-state index in [1.807, 2.05) is 44.2 Å². The van der Waals surface area contributed by atoms with E-state index in [0.29, 0.717) is 6.54 Å². The fourth-order valence-corrected chi connectivity index (χ4v) is 1.55. The van der Waals surface area contributed by atoms with E-state index in [0.717, 1.165) is 12.0 Å². The number of carbonyl (C=O) groups excluding carboxylic acids is 1. The van der Waals surface area contributed by atoms with Gasteiger partial charge in [0, 0.05) is 6.54 Å². The minimum absolute atomic E-state index is 0.00991. The maximum Gasteiger partial charge on any atom is 0.227 e. The zero-order valence-electron chi connectivity index (χ0n) is 10.9. The minimum atomic E-state index is -0.512. The van der Waals surface area contributed by atoms with Crippen molar-refractivity contribution in [1.82, 2.24) is 5.32 Å². The van der Waals surface area contributed by atoms with Gasteiger partial charge in [-0.25, -0.2) is 0 Å². The van der Waals surface area contributed by atoms with Crippen molar-refractivity contribution in [2.24, 2.45) is 11.1 Å². The molecule has 3 nitrogen and oxygen atoms in total. The molecule has 0 fully saturated rings. The molecule has 0 bridgehead atoms. The fraction of sp³-hybridized carbons (Fsp3) is 0.500. The number of nitrogens with two attached hydrogens (primary N) is 1. The largest absolute Gasteiger partial charge is 0.349 e. The van der Waals surface area contributed by atoms with Crippen LogP contribution in [-0.2, 0) is 4.79 Å². The lowest BCUT2D eigenvalue weighted by Gasteiger charge is -2.25. The van der Waals surface area contributed by atoms with Crippen molar-refractivity contribution in [3.63, 3.8) is 0 Å². The number of amides is 1. The lowest BCUT2D eigenvalue weighted by molar-refractivity contribution is -0.129. The highest BCUT2D eigenvalue weighted by atomic mass is 16.2. The molecule has 1 atom stereocenters. The SMILES string of the molecule is CC[C@H](NC(=O)C(C)(C)CN)c1ccccc1. The predicted molar refractivity (Wildman–Crippen MR) is 70.5 cm³/mol. The van der Waals surface area contributed by atoms with E-state index in [4.69, 9.17) is 5.73 Å². The highest BCUT2D eigenvalue weighted by Gasteiger charge is 2.27. The van der Waals surface area contributed by atoms with E-state index >= 15 is 0 Å². The first-order valence-corrected chi connectivity index (χ1v) is 6.07. The zero-order chi connectivity index (χ0) is 12.9. The molecule has 1 rings (SSSR count). The normalized spacial score (nSPS) is 13.2. The first-order chi connectivity index (χ1) is 8.01. The first kappa shape index (κ1) is 13.7. The summed E-state index contributed by atoms with van der Waals surface area (Å²) in [6.07, 6.45) is 0.871. The Bertz CT molecular complexity index is 360. The van der Waals surface area contributed by atoms with Crippen LogP contribution in [0.1, 0.15) is 38.8 Å². The van der Waals surface area contributed by atoms with Crippen LogP contribution in [0.15, 0.2) is 30.3 Å². The molecule has 3 N–H and O–H groups in total. The molecular weight excluding hydrogens is 212 g/mol. The van der Waals surface area contributed by atoms with Gasteiger partial charge in [0.2, 0.25) is 5.91 Å². The third kappa shape index (κ3) is 3.56. The van der Waals surface area contributed by atoms with Crippen LogP contribution in [0.5, 0.6) is 0 Å². The third-order valence-corrected chi connectivity index (χ3v) is 3.04. The van der Waals surface area contributed by atoms with Crippen molar-refractivity contribution in [3.8, 4) is 0 Å². The number of nitrogens with one attached hydrogen (secondary N) is 1. The van der Waals surface area contributed by atoms with Crippen LogP contribution in [0.3, 0.4) is 0 Å². The first-order valence-electron chi connectivity index (χ1n) is 6.07. The molecule has 0 saturated carbocycles. The Kier molecular flexibility index (Phi) is 4.70. The Morgan fingerprint density at radius 2 is 1.94 bits per heavy atom. The molecular formula is C14H22N2O. The summed E-state index contributed by atoms with van der Waals surface area (Å²) in [5.41, 5.74) is 6.23. The van der Waals surface area contributed by atoms with Crippen LogP contribution in [0, 0.1) is 5.41 Å². The Balaban J connectivity index is 2.75. The average Bonchev–Trinajstić information content (AvgIpc) is 2.36. The maximum absolute atomic E-state index is 12.0. The smallest absolute Gasteiger partial charge is 0.227 e. The van der Waals surface area contributed by atoms with E-state index in [1.165, 1.54) is 0 Å². The van der Waals surface area contributed by atoms with Gasteiger partial charge in [-0.3, -0.25) is 4.79 Å². The molecule has 0 saturated heterocycles. The Morgan fingerprint density at radius 3 is 2.41 bits per heavy atom. The topological polar surface area (TPSA) is 55.1 Å². The summed E-state index contributed by atoms with van der Waals surface area (Å²) in [4.78, 5) is 12.0. The maximum atomic E-state index is 12.0. The number of rotatable bonds is 5. The van der Waals surface area contributed by atoms with E-state index < -0.39 is 5.41 Å². The van der Waals surface area contributed by atoms with Gasteiger partial charge in [0.05, 0.1) is 11.5 Å². The van der Waals surface area contributed by atoms with E-state index in [-0.39, 0.29) is 11.9 Å². The molecule has 0 aliphatic heterocycles. The number of benzene rings is 1. The van der Waals surface area contributed by atoms with Crippen LogP contribution in [0.25, 0.3) is 0 Å². The van der Waals surface area contributed by atoms with Gasteiger partial charge in [0.25, 0.3) is 0 Å². The van der Waals surface area contributed by atoms with Gasteiger partial charge in [-0.1, -0.05) is 37.3 Å². The molecule has 0 spiro atoms. The second kappa shape index (κ2) is 5.82. The molecule has 1 aromatic rings. The molecule has 0 aromatic heterocycles. The quantitative estimate of drug-likeness (QED) is 0.821. The van der Waals surface area contributed by atoms with Gasteiger partial charge in [-0.05, 0) is 25.8 Å². The molecule has 0 aliphatic carbocycles. The monoisotopic (exact) mass is 234 g/mol. The number of hydrogen-bond donors (Lipinski definition) is 2. The predicted octanol–water partition coefficient (Wildman–Crippen LogP) is 2.24. The standard InChI is InChI=1S/C14H22N2O/c1-4-12(11-8-6-5-7-9-11)16-13(17)14(2,3)10-15/h5-9,12H,4,10,15H2,1-3H3,(H,16,17)/t12-/m0/s1. The van der Waals surface area contributed by atoms with Gasteiger partial charge in [0.1, 0.15) is 0 Å². The van der Waals surface area contributed by atoms with Gasteiger partial charge in [-0.2, -0.15) is 0 Å². The lowest BCUT2D eigenvalue weighted by Crippen LogP contribution is -2.43. The van der Waals surface area contributed by atoms with Crippen molar-refractivity contribution in [1.29, 1.82) is 0 Å².